The molecule has 1 saturated carbocycles. The molecule has 0 atom stereocenters. The molecule has 3 nitrogen and oxygen atoms in total. The maximum Gasteiger partial charge on any atom is 0.162 e. The van der Waals surface area contributed by atoms with Gasteiger partial charge < -0.3 is 15.2 Å². The predicted octanol–water partition coefficient (Wildman–Crippen LogP) is 2.29. The highest BCUT2D eigenvalue weighted by atomic mass is 16.5. The number of benzene rings is 1. The fourth-order valence-electron chi connectivity index (χ4n) is 2.20. The topological polar surface area (TPSA) is 41.5 Å². The van der Waals surface area contributed by atoms with E-state index in [1.165, 1.54) is 12.8 Å². The van der Waals surface area contributed by atoms with Crippen molar-refractivity contribution in [3.05, 3.63) is 23.8 Å². The molecule has 0 spiro atoms. The zero-order chi connectivity index (χ0) is 11.5. The third kappa shape index (κ3) is 2.30. The summed E-state index contributed by atoms with van der Waals surface area (Å²) in [6.45, 7) is 2.97. The molecule has 1 aliphatic carbocycles. The lowest BCUT2D eigenvalue weighted by Crippen LogP contribution is -2.39. The first-order valence-corrected chi connectivity index (χ1v) is 5.79. The molecule has 1 aromatic carbocycles. The van der Waals surface area contributed by atoms with Gasteiger partial charge in [0.15, 0.2) is 11.5 Å². The van der Waals surface area contributed by atoms with Crippen LogP contribution < -0.4 is 10.1 Å². The van der Waals surface area contributed by atoms with Crippen LogP contribution >= 0.6 is 0 Å². The Balaban J connectivity index is 1.93. The van der Waals surface area contributed by atoms with Gasteiger partial charge in [-0.3, -0.25) is 0 Å². The smallest absolute Gasteiger partial charge is 0.162 e. The number of ether oxygens (including phenoxy) is 1. The van der Waals surface area contributed by atoms with Crippen molar-refractivity contribution in [1.82, 2.24) is 5.32 Å². The van der Waals surface area contributed by atoms with Crippen LogP contribution in [0.2, 0.25) is 0 Å². The highest BCUT2D eigenvalue weighted by Gasteiger charge is 2.24. The largest absolute Gasteiger partial charge is 0.504 e. The number of rotatable bonds is 4. The molecule has 0 aromatic heterocycles. The van der Waals surface area contributed by atoms with Crippen molar-refractivity contribution in [3.63, 3.8) is 0 Å². The zero-order valence-electron chi connectivity index (χ0n) is 9.86. The molecule has 1 aromatic rings. The van der Waals surface area contributed by atoms with Gasteiger partial charge in [-0.15, -0.1) is 0 Å². The van der Waals surface area contributed by atoms with E-state index >= 15 is 0 Å². The molecule has 0 amide bonds. The molecule has 0 saturated heterocycles. The summed E-state index contributed by atoms with van der Waals surface area (Å²) in [4.78, 5) is 0. The Bertz CT molecular complexity index is 359. The summed E-state index contributed by atoms with van der Waals surface area (Å²) in [5.41, 5.74) is 0.902. The number of para-hydroxylation sites is 1. The summed E-state index contributed by atoms with van der Waals surface area (Å²) in [6, 6.07) is 6.21. The van der Waals surface area contributed by atoms with E-state index in [0.29, 0.717) is 18.3 Å². The van der Waals surface area contributed by atoms with Crippen molar-refractivity contribution in [3.8, 4) is 11.5 Å². The van der Waals surface area contributed by atoms with Gasteiger partial charge in [0.1, 0.15) is 0 Å². The average Bonchev–Trinajstić information content (AvgIpc) is 2.24. The fraction of sp³-hybridized carbons (Fsp3) is 0.538. The van der Waals surface area contributed by atoms with Crippen molar-refractivity contribution in [2.75, 3.05) is 7.11 Å². The average molecular weight is 221 g/mol. The van der Waals surface area contributed by atoms with E-state index in [9.17, 15) is 5.11 Å². The second-order valence-electron chi connectivity index (χ2n) is 4.62. The highest BCUT2D eigenvalue weighted by molar-refractivity contribution is 5.45. The Morgan fingerprint density at radius 1 is 1.44 bits per heavy atom. The standard InChI is InChI=1S/C13H19NO2/c1-9-6-11(7-9)14-8-10-4-3-5-12(16-2)13(10)15/h3-5,9,11,14-15H,6-8H2,1-2H3. The molecule has 0 bridgehead atoms. The lowest BCUT2D eigenvalue weighted by atomic mass is 9.82. The first-order valence-electron chi connectivity index (χ1n) is 5.79. The molecule has 88 valence electrons. The maximum atomic E-state index is 9.88. The highest BCUT2D eigenvalue weighted by Crippen LogP contribution is 2.31. The van der Waals surface area contributed by atoms with E-state index in [4.69, 9.17) is 4.74 Å². The van der Waals surface area contributed by atoms with E-state index in [0.717, 1.165) is 11.5 Å². The van der Waals surface area contributed by atoms with Gasteiger partial charge in [0.25, 0.3) is 0 Å². The molecule has 2 N–H and O–H groups in total. The summed E-state index contributed by atoms with van der Waals surface area (Å²) in [5, 5.41) is 13.3. The molecule has 2 rings (SSSR count). The monoisotopic (exact) mass is 221 g/mol. The Kier molecular flexibility index (Phi) is 3.34. The normalized spacial score (nSPS) is 23.9. The van der Waals surface area contributed by atoms with Crippen LogP contribution in [0.1, 0.15) is 25.3 Å². The van der Waals surface area contributed by atoms with Crippen LogP contribution in [0.25, 0.3) is 0 Å². The summed E-state index contributed by atoms with van der Waals surface area (Å²) >= 11 is 0. The SMILES string of the molecule is COc1cccc(CNC2CC(C)C2)c1O. The Hall–Kier alpha value is -1.22. The Morgan fingerprint density at radius 3 is 2.81 bits per heavy atom. The van der Waals surface area contributed by atoms with Gasteiger partial charge in [0.05, 0.1) is 7.11 Å². The molecule has 0 radical (unpaired) electrons. The second-order valence-corrected chi connectivity index (χ2v) is 4.62. The summed E-state index contributed by atoms with van der Waals surface area (Å²) in [5.74, 6) is 1.64. The van der Waals surface area contributed by atoms with Crippen molar-refractivity contribution < 1.29 is 9.84 Å². The number of methoxy groups -OCH3 is 1. The molecular formula is C13H19NO2. The van der Waals surface area contributed by atoms with Crippen molar-refractivity contribution in [1.29, 1.82) is 0 Å². The minimum absolute atomic E-state index is 0.255. The van der Waals surface area contributed by atoms with Gasteiger partial charge in [-0.1, -0.05) is 19.1 Å². The number of phenols is 1. The van der Waals surface area contributed by atoms with Crippen LogP contribution in [0, 0.1) is 5.92 Å². The van der Waals surface area contributed by atoms with Crippen LogP contribution in [-0.2, 0) is 6.54 Å². The lowest BCUT2D eigenvalue weighted by molar-refractivity contribution is 0.239. The number of phenolic OH excluding ortho intramolecular Hbond substituents is 1. The molecule has 0 heterocycles. The van der Waals surface area contributed by atoms with E-state index in [-0.39, 0.29) is 5.75 Å². The van der Waals surface area contributed by atoms with E-state index in [2.05, 4.69) is 12.2 Å². The number of nitrogens with one attached hydrogen (secondary N) is 1. The van der Waals surface area contributed by atoms with Gasteiger partial charge in [-0.2, -0.15) is 0 Å². The minimum Gasteiger partial charge on any atom is -0.504 e. The van der Waals surface area contributed by atoms with Gasteiger partial charge in [-0.05, 0) is 24.8 Å². The molecular weight excluding hydrogens is 202 g/mol. The third-order valence-corrected chi connectivity index (χ3v) is 3.26. The molecule has 1 aliphatic rings. The van der Waals surface area contributed by atoms with Gasteiger partial charge in [0.2, 0.25) is 0 Å². The van der Waals surface area contributed by atoms with Gasteiger partial charge in [-0.25, -0.2) is 0 Å². The molecule has 0 aliphatic heterocycles. The fourth-order valence-corrected chi connectivity index (χ4v) is 2.20. The van der Waals surface area contributed by atoms with Gasteiger partial charge in [0, 0.05) is 18.2 Å². The summed E-state index contributed by atoms with van der Waals surface area (Å²) in [6.07, 6.45) is 2.48. The van der Waals surface area contributed by atoms with E-state index in [1.807, 2.05) is 12.1 Å². The Morgan fingerprint density at radius 2 is 2.19 bits per heavy atom. The molecule has 16 heavy (non-hydrogen) atoms. The quantitative estimate of drug-likeness (QED) is 0.819. The van der Waals surface area contributed by atoms with Crippen molar-refractivity contribution in [2.45, 2.75) is 32.4 Å². The predicted molar refractivity (Wildman–Crippen MR) is 63.7 cm³/mol. The minimum atomic E-state index is 0.255. The van der Waals surface area contributed by atoms with Gasteiger partial charge >= 0.3 is 0 Å². The third-order valence-electron chi connectivity index (χ3n) is 3.26. The Labute approximate surface area is 96.4 Å². The number of hydrogen-bond donors (Lipinski definition) is 2. The van der Waals surface area contributed by atoms with E-state index in [1.54, 1.807) is 13.2 Å². The summed E-state index contributed by atoms with van der Waals surface area (Å²) in [7, 11) is 1.57. The van der Waals surface area contributed by atoms with Crippen LogP contribution in [-0.4, -0.2) is 18.3 Å². The van der Waals surface area contributed by atoms with Crippen LogP contribution in [0.3, 0.4) is 0 Å². The van der Waals surface area contributed by atoms with Crippen LogP contribution in [0.15, 0.2) is 18.2 Å². The zero-order valence-corrected chi connectivity index (χ0v) is 9.86. The number of hydrogen-bond acceptors (Lipinski definition) is 3. The molecule has 0 unspecified atom stereocenters. The second kappa shape index (κ2) is 4.74. The van der Waals surface area contributed by atoms with Crippen molar-refractivity contribution >= 4 is 0 Å². The first kappa shape index (κ1) is 11.3. The van der Waals surface area contributed by atoms with E-state index < -0.39 is 0 Å². The number of aromatic hydroxyl groups is 1. The summed E-state index contributed by atoms with van der Waals surface area (Å²) < 4.78 is 5.07. The van der Waals surface area contributed by atoms with Crippen molar-refractivity contribution in [2.24, 2.45) is 5.92 Å². The maximum absolute atomic E-state index is 9.88. The lowest BCUT2D eigenvalue weighted by Gasteiger charge is -2.33. The molecule has 1 fully saturated rings. The van der Waals surface area contributed by atoms with Crippen LogP contribution in [0.5, 0.6) is 11.5 Å². The first-order chi connectivity index (χ1) is 7.70. The van der Waals surface area contributed by atoms with Crippen LogP contribution in [0.4, 0.5) is 0 Å². The molecule has 3 heteroatoms.